The zero-order valence-electron chi connectivity index (χ0n) is 5.96. The molecule has 1 unspecified atom stereocenters. The maximum atomic E-state index is 10.9. The van der Waals surface area contributed by atoms with Gasteiger partial charge in [-0.25, -0.2) is 0 Å². The normalized spacial score (nSPS) is 23.7. The fourth-order valence-corrected chi connectivity index (χ4v) is 0.928. The molecule has 56 valence electrons. The Morgan fingerprint density at radius 1 is 1.80 bits per heavy atom. The molecule has 10 heavy (non-hydrogen) atoms. The molecule has 3 heteroatoms. The summed E-state index contributed by atoms with van der Waals surface area (Å²) in [6.45, 7) is 2.05. The third-order valence-corrected chi connectivity index (χ3v) is 1.47. The summed E-state index contributed by atoms with van der Waals surface area (Å²) >= 11 is 0. The second kappa shape index (κ2) is 3.25. The molecular weight excluding hydrogens is 130 g/mol. The lowest BCUT2D eigenvalue weighted by Gasteiger charge is -2.14. The van der Waals surface area contributed by atoms with Crippen molar-refractivity contribution in [1.29, 1.82) is 0 Å². The lowest BCUT2D eigenvalue weighted by molar-refractivity contribution is -0.134. The van der Waals surface area contributed by atoms with Gasteiger partial charge in [0.15, 0.2) is 0 Å². The predicted molar refractivity (Wildman–Crippen MR) is 36.8 cm³/mol. The third-order valence-electron chi connectivity index (χ3n) is 1.47. The molecule has 1 N–H and O–H groups in total. The van der Waals surface area contributed by atoms with Crippen molar-refractivity contribution in [2.45, 2.75) is 19.8 Å². The van der Waals surface area contributed by atoms with Crippen molar-refractivity contribution in [2.75, 3.05) is 0 Å². The number of carbonyl (C=O) groups excluding carboxylic acids is 1. The van der Waals surface area contributed by atoms with E-state index in [1.807, 2.05) is 0 Å². The molecule has 1 aliphatic heterocycles. The lowest BCUT2D eigenvalue weighted by Crippen LogP contribution is -2.31. The van der Waals surface area contributed by atoms with Crippen LogP contribution in [0.15, 0.2) is 12.3 Å². The van der Waals surface area contributed by atoms with Gasteiger partial charge < -0.3 is 4.84 Å². The summed E-state index contributed by atoms with van der Waals surface area (Å²) in [4.78, 5) is 15.5. The summed E-state index contributed by atoms with van der Waals surface area (Å²) < 4.78 is 0. The van der Waals surface area contributed by atoms with Crippen LogP contribution < -0.4 is 5.48 Å². The summed E-state index contributed by atoms with van der Waals surface area (Å²) in [5.41, 5.74) is 2.29. The highest BCUT2D eigenvalue weighted by Gasteiger charge is 2.16. The SMILES string of the molecule is CCCC1C=CONC1=O. The van der Waals surface area contributed by atoms with E-state index >= 15 is 0 Å². The Labute approximate surface area is 60.0 Å². The summed E-state index contributed by atoms with van der Waals surface area (Å²) in [6.07, 6.45) is 5.21. The molecule has 1 rings (SSSR count). The molecule has 1 aliphatic rings. The molecule has 0 aliphatic carbocycles. The van der Waals surface area contributed by atoms with Crippen LogP contribution in [0.2, 0.25) is 0 Å². The molecular formula is C7H11NO2. The number of amides is 1. The van der Waals surface area contributed by atoms with Crippen LogP contribution in [-0.4, -0.2) is 5.91 Å². The first-order chi connectivity index (χ1) is 4.84. The molecule has 3 nitrogen and oxygen atoms in total. The number of rotatable bonds is 2. The number of carbonyl (C=O) groups is 1. The van der Waals surface area contributed by atoms with E-state index in [9.17, 15) is 4.79 Å². The van der Waals surface area contributed by atoms with Gasteiger partial charge in [-0.2, -0.15) is 5.48 Å². The zero-order valence-corrected chi connectivity index (χ0v) is 5.96. The molecule has 0 radical (unpaired) electrons. The van der Waals surface area contributed by atoms with E-state index in [0.717, 1.165) is 12.8 Å². The zero-order chi connectivity index (χ0) is 7.40. The van der Waals surface area contributed by atoms with Crippen molar-refractivity contribution >= 4 is 5.91 Å². The van der Waals surface area contributed by atoms with Gasteiger partial charge in [-0.15, -0.1) is 0 Å². The Morgan fingerprint density at radius 2 is 2.60 bits per heavy atom. The average Bonchev–Trinajstić information content (AvgIpc) is 1.94. The smallest absolute Gasteiger partial charge is 0.259 e. The first-order valence-electron chi connectivity index (χ1n) is 3.46. The van der Waals surface area contributed by atoms with E-state index in [4.69, 9.17) is 0 Å². The van der Waals surface area contributed by atoms with Gasteiger partial charge in [0.2, 0.25) is 0 Å². The van der Waals surface area contributed by atoms with Gasteiger partial charge >= 0.3 is 0 Å². The fraction of sp³-hybridized carbons (Fsp3) is 0.571. The van der Waals surface area contributed by atoms with Crippen LogP contribution in [0, 0.1) is 5.92 Å². The Bertz CT molecular complexity index is 154. The maximum absolute atomic E-state index is 10.9. The highest BCUT2D eigenvalue weighted by molar-refractivity contribution is 5.79. The van der Waals surface area contributed by atoms with Crippen molar-refractivity contribution in [3.63, 3.8) is 0 Å². The highest BCUT2D eigenvalue weighted by atomic mass is 16.6. The van der Waals surface area contributed by atoms with Gasteiger partial charge in [0.05, 0.1) is 5.92 Å². The maximum Gasteiger partial charge on any atom is 0.259 e. The summed E-state index contributed by atoms with van der Waals surface area (Å²) in [5.74, 6) is -0.0249. The standard InChI is InChI=1S/C7H11NO2/c1-2-3-6-4-5-10-8-7(6)9/h4-6H,2-3H2,1H3,(H,8,9). The van der Waals surface area contributed by atoms with Crippen LogP contribution in [-0.2, 0) is 9.63 Å². The van der Waals surface area contributed by atoms with Gasteiger partial charge in [-0.05, 0) is 12.5 Å². The Morgan fingerprint density at radius 3 is 3.20 bits per heavy atom. The number of nitrogens with one attached hydrogen (secondary N) is 1. The quantitative estimate of drug-likeness (QED) is 0.622. The monoisotopic (exact) mass is 141 g/mol. The molecule has 1 atom stereocenters. The van der Waals surface area contributed by atoms with Crippen LogP contribution in [0.3, 0.4) is 0 Å². The molecule has 0 fully saturated rings. The Kier molecular flexibility index (Phi) is 2.31. The molecule has 0 spiro atoms. The van der Waals surface area contributed by atoms with Crippen LogP contribution in [0.5, 0.6) is 0 Å². The van der Waals surface area contributed by atoms with Crippen molar-refractivity contribution in [3.8, 4) is 0 Å². The second-order valence-electron chi connectivity index (χ2n) is 2.31. The van der Waals surface area contributed by atoms with E-state index in [1.165, 1.54) is 6.26 Å². The molecule has 1 amide bonds. The van der Waals surface area contributed by atoms with Crippen LogP contribution in [0.25, 0.3) is 0 Å². The van der Waals surface area contributed by atoms with E-state index in [2.05, 4.69) is 17.2 Å². The van der Waals surface area contributed by atoms with Gasteiger partial charge in [0.25, 0.3) is 5.91 Å². The van der Waals surface area contributed by atoms with Crippen molar-refractivity contribution in [3.05, 3.63) is 12.3 Å². The minimum Gasteiger partial charge on any atom is -0.388 e. The van der Waals surface area contributed by atoms with E-state index < -0.39 is 0 Å². The van der Waals surface area contributed by atoms with Gasteiger partial charge in [-0.1, -0.05) is 13.3 Å². The Balaban J connectivity index is 2.47. The largest absolute Gasteiger partial charge is 0.388 e. The predicted octanol–water partition coefficient (Wildman–Crippen LogP) is 0.978. The number of hydrogen-bond donors (Lipinski definition) is 1. The first-order valence-corrected chi connectivity index (χ1v) is 3.46. The van der Waals surface area contributed by atoms with Crippen LogP contribution in [0.4, 0.5) is 0 Å². The molecule has 0 aromatic carbocycles. The van der Waals surface area contributed by atoms with E-state index in [0.29, 0.717) is 0 Å². The van der Waals surface area contributed by atoms with Crippen LogP contribution >= 0.6 is 0 Å². The van der Waals surface area contributed by atoms with E-state index in [1.54, 1.807) is 6.08 Å². The number of hydrogen-bond acceptors (Lipinski definition) is 2. The summed E-state index contributed by atoms with van der Waals surface area (Å²) in [6, 6.07) is 0. The van der Waals surface area contributed by atoms with E-state index in [-0.39, 0.29) is 11.8 Å². The van der Waals surface area contributed by atoms with Crippen molar-refractivity contribution < 1.29 is 9.63 Å². The molecule has 0 aromatic rings. The Hall–Kier alpha value is -0.990. The average molecular weight is 141 g/mol. The molecule has 0 bridgehead atoms. The third kappa shape index (κ3) is 1.50. The number of hydroxylamine groups is 1. The van der Waals surface area contributed by atoms with Gasteiger partial charge in [0.1, 0.15) is 6.26 Å². The highest BCUT2D eigenvalue weighted by Crippen LogP contribution is 2.10. The minimum absolute atomic E-state index is 0.0127. The summed E-state index contributed by atoms with van der Waals surface area (Å²) in [5, 5.41) is 0. The summed E-state index contributed by atoms with van der Waals surface area (Å²) in [7, 11) is 0. The van der Waals surface area contributed by atoms with Crippen LogP contribution in [0.1, 0.15) is 19.8 Å². The topological polar surface area (TPSA) is 38.3 Å². The van der Waals surface area contributed by atoms with Crippen molar-refractivity contribution in [2.24, 2.45) is 5.92 Å². The van der Waals surface area contributed by atoms with Crippen molar-refractivity contribution in [1.82, 2.24) is 5.48 Å². The molecule has 1 heterocycles. The minimum atomic E-state index is -0.0376. The molecule has 0 saturated carbocycles. The lowest BCUT2D eigenvalue weighted by atomic mass is 10.0. The fourth-order valence-electron chi connectivity index (χ4n) is 0.928. The first kappa shape index (κ1) is 7.12. The molecule has 0 saturated heterocycles. The van der Waals surface area contributed by atoms with Gasteiger partial charge in [-0.3, -0.25) is 4.79 Å². The van der Waals surface area contributed by atoms with Gasteiger partial charge in [0, 0.05) is 0 Å². The second-order valence-corrected chi connectivity index (χ2v) is 2.31. The molecule has 0 aromatic heterocycles.